The molecule has 32 heteroatoms. The van der Waals surface area contributed by atoms with E-state index in [1.807, 2.05) is 27.7 Å². The fraction of sp³-hybridized carbons (Fsp3) is 0.831. The van der Waals surface area contributed by atoms with Crippen LogP contribution in [0.1, 0.15) is 96.9 Å². The molecule has 0 aromatic carbocycles. The van der Waals surface area contributed by atoms with Crippen LogP contribution in [0.4, 0.5) is 0 Å². The lowest BCUT2D eigenvalue weighted by atomic mass is 9.79. The van der Waals surface area contributed by atoms with E-state index in [2.05, 4.69) is 52.5 Å². The van der Waals surface area contributed by atoms with Crippen LogP contribution in [0.25, 0.3) is 0 Å². The van der Waals surface area contributed by atoms with Crippen molar-refractivity contribution in [1.29, 1.82) is 5.41 Å². The number of aliphatic hydroxyl groups excluding tert-OH is 10. The zero-order valence-corrected chi connectivity index (χ0v) is 56.4. The molecule has 11 unspecified atom stereocenters. The summed E-state index contributed by atoms with van der Waals surface area (Å²) in [4.78, 5) is 55.0. The first-order valence-corrected chi connectivity index (χ1v) is 30.8. The molecule has 0 amide bonds. The number of hydrogen-bond acceptors (Lipinski definition) is 29. The van der Waals surface area contributed by atoms with E-state index in [9.17, 15) is 44.4 Å². The van der Waals surface area contributed by atoms with Gasteiger partial charge in [0.15, 0.2) is 25.2 Å². The molecule has 5 heterocycles. The van der Waals surface area contributed by atoms with E-state index in [4.69, 9.17) is 128 Å². The maximum absolute atomic E-state index is 11.3. The topological polar surface area (TPSA) is 431 Å². The van der Waals surface area contributed by atoms with Gasteiger partial charge in [0.2, 0.25) is 12.2 Å². The van der Waals surface area contributed by atoms with E-state index in [-0.39, 0.29) is 129 Å². The first-order valence-electron chi connectivity index (χ1n) is 29.7. The molecule has 0 radical (unpaired) electrons. The standard InChI is InChI=1S/C17H28O6.C13H20Cl3NO4.C12H20O8.C11H20O4.C6H12O6/c1-10(2)16(19)20-7-8-21-17-13(5)11(3)12(4)15(23-17)9-22-14(6)18;1-6-7(2)10(5-19-9(4)18)20-11(8(6)3)21-12(17)13(14,15)16;1-6(2)11(17)18-3-4-19-12-10(16)9(15)8(14)7(5-13)20-12;1-6-7(2)10(5-14-9(4)12)15-11(13)8(6)3;7-1-2-3(8)4(9)5(10)6(11)12-2/h11-13,15,17H,1,7-9H2,2-6H3;6-8,10-11,17H,5H2,1-4H3;7-10,12-16H,1,3-5H2,2H3;6-8,10-11,13H,5H2,1-4H3;2-11H,1H2/t11-,12+,13?,15?,17+;6-,7+,8?,10?,11+;7?,8-,9-,10?,12+;6-,7+,8?,10?,11?;2?,3-,4-,5?,6+/m00000/s1. The molecular weight excluding hydrogens is 1280 g/mol. The zero-order chi connectivity index (χ0) is 70.1. The van der Waals surface area contributed by atoms with Crippen molar-refractivity contribution in [3.8, 4) is 0 Å². The van der Waals surface area contributed by atoms with Gasteiger partial charge in [-0.25, -0.2) is 9.59 Å². The van der Waals surface area contributed by atoms with Gasteiger partial charge in [0.25, 0.3) is 3.79 Å². The second-order valence-electron chi connectivity index (χ2n) is 23.2. The highest BCUT2D eigenvalue weighted by Crippen LogP contribution is 2.39. The predicted molar refractivity (Wildman–Crippen MR) is 323 cm³/mol. The van der Waals surface area contributed by atoms with E-state index in [0.29, 0.717) is 17.4 Å². The van der Waals surface area contributed by atoms with Crippen LogP contribution in [0.5, 0.6) is 0 Å². The number of halogens is 3. The van der Waals surface area contributed by atoms with Gasteiger partial charge in [0.1, 0.15) is 81.9 Å². The Morgan fingerprint density at radius 1 is 0.407 bits per heavy atom. The van der Waals surface area contributed by atoms with E-state index >= 15 is 0 Å². The number of nitrogens with one attached hydrogen (secondary N) is 1. The van der Waals surface area contributed by atoms with E-state index in [0.717, 1.165) is 0 Å². The Hall–Kier alpha value is -3.51. The van der Waals surface area contributed by atoms with Crippen LogP contribution in [0, 0.1) is 58.7 Å². The van der Waals surface area contributed by atoms with Crippen molar-refractivity contribution in [2.75, 3.05) is 59.5 Å². The third kappa shape index (κ3) is 28.4. The molecule has 5 aliphatic heterocycles. The lowest BCUT2D eigenvalue weighted by Crippen LogP contribution is -2.59. The highest BCUT2D eigenvalue weighted by molar-refractivity contribution is 6.76. The Bertz CT molecular complexity index is 2240. The monoisotopic (exact) mass is 1380 g/mol. The normalized spacial score (nSPS) is 36.1. The van der Waals surface area contributed by atoms with E-state index in [1.165, 1.54) is 27.7 Å². The lowest BCUT2D eigenvalue weighted by molar-refractivity contribution is -0.302. The number of ether oxygens (including phenoxy) is 13. The van der Waals surface area contributed by atoms with Crippen molar-refractivity contribution in [2.24, 2.45) is 53.3 Å². The summed E-state index contributed by atoms with van der Waals surface area (Å²) in [5, 5.41) is 99.6. The van der Waals surface area contributed by atoms with Crippen LogP contribution in [-0.4, -0.2) is 249 Å². The van der Waals surface area contributed by atoms with Crippen LogP contribution >= 0.6 is 34.8 Å². The number of alkyl halides is 3. The Kier molecular flexibility index (Phi) is 38.9. The molecule has 91 heavy (non-hydrogen) atoms. The number of carbonyl (C=O) groups excluding carboxylic acids is 5. The number of hydrogen-bond donors (Lipinski definition) is 11. The molecule has 5 fully saturated rings. The molecule has 5 aliphatic rings. The van der Waals surface area contributed by atoms with Crippen LogP contribution < -0.4 is 0 Å². The summed E-state index contributed by atoms with van der Waals surface area (Å²) in [5.74, 6) is -0.541. The van der Waals surface area contributed by atoms with Gasteiger partial charge >= 0.3 is 29.8 Å². The molecule has 5 rings (SSSR count). The first-order chi connectivity index (χ1) is 42.2. The van der Waals surface area contributed by atoms with Gasteiger partial charge in [-0.15, -0.1) is 0 Å². The van der Waals surface area contributed by atoms with Crippen molar-refractivity contribution < 1.29 is 137 Å². The van der Waals surface area contributed by atoms with Gasteiger partial charge in [0.05, 0.1) is 44.7 Å². The Morgan fingerprint density at radius 3 is 1.12 bits per heavy atom. The SMILES string of the molecule is C=C(C)C(=O)OCCO[C@@H]1OC(CO)[C@H](O)[C@H](O)C1O.C=C(C)C(=O)OCCO[C@@H]1OC(COC(C)=O)[C@H](C)[C@H](C)C1C.CC(=O)OCC1OC(O)C(C)[C@@H](C)[C@H]1C.CC(=O)OCC1O[C@H](OC(=N)C(Cl)(Cl)Cl)C(C)[C@@H](C)[C@H]1C.OCC1O[C@@H](O)C(O)[C@@H](O)[C@H]1O. The minimum Gasteiger partial charge on any atom is -0.463 e. The maximum atomic E-state index is 11.3. The van der Waals surface area contributed by atoms with Gasteiger partial charge in [0, 0.05) is 49.7 Å². The fourth-order valence-electron chi connectivity index (χ4n) is 9.29. The number of rotatable bonds is 19. The summed E-state index contributed by atoms with van der Waals surface area (Å²) in [7, 11) is 0. The molecule has 0 aromatic heterocycles. The highest BCUT2D eigenvalue weighted by Gasteiger charge is 2.47. The predicted octanol–water partition coefficient (Wildman–Crippen LogP) is 1.74. The molecule has 29 nitrogen and oxygen atoms in total. The number of aliphatic hydroxyl groups is 10. The van der Waals surface area contributed by atoms with Crippen LogP contribution in [0.15, 0.2) is 24.3 Å². The molecule has 11 N–H and O–H groups in total. The van der Waals surface area contributed by atoms with Crippen molar-refractivity contribution in [2.45, 2.75) is 199 Å². The van der Waals surface area contributed by atoms with Gasteiger partial charge in [-0.1, -0.05) is 110 Å². The van der Waals surface area contributed by atoms with E-state index in [1.54, 1.807) is 6.92 Å². The quantitative estimate of drug-likeness (QED) is 0.0167. The fourth-order valence-corrected chi connectivity index (χ4v) is 9.42. The van der Waals surface area contributed by atoms with Gasteiger partial charge in [-0.05, 0) is 49.4 Å². The Balaban J connectivity index is 0.000000577. The summed E-state index contributed by atoms with van der Waals surface area (Å²) in [6.45, 7) is 32.3. The molecule has 0 spiro atoms. The van der Waals surface area contributed by atoms with E-state index < -0.39 is 115 Å². The van der Waals surface area contributed by atoms with Crippen molar-refractivity contribution >= 4 is 70.5 Å². The van der Waals surface area contributed by atoms with Crippen molar-refractivity contribution in [3.05, 3.63) is 24.3 Å². The average Bonchev–Trinajstić information content (AvgIpc) is 1.27. The largest absolute Gasteiger partial charge is 0.463 e. The molecule has 25 atom stereocenters. The van der Waals surface area contributed by atoms with Crippen LogP contribution in [0.2, 0.25) is 0 Å². The summed E-state index contributed by atoms with van der Waals surface area (Å²) < 4.78 is 65.8. The molecule has 5 saturated heterocycles. The minimum absolute atomic E-state index is 0.00118. The summed E-state index contributed by atoms with van der Waals surface area (Å²) in [6.07, 6.45) is -16.3. The Morgan fingerprint density at radius 2 is 0.736 bits per heavy atom. The zero-order valence-electron chi connectivity index (χ0n) is 54.2. The van der Waals surface area contributed by atoms with Crippen molar-refractivity contribution in [3.63, 3.8) is 0 Å². The van der Waals surface area contributed by atoms with Gasteiger partial charge in [-0.3, -0.25) is 19.8 Å². The Labute approximate surface area is 546 Å². The van der Waals surface area contributed by atoms with Crippen molar-refractivity contribution in [1.82, 2.24) is 0 Å². The second kappa shape index (κ2) is 41.5. The molecule has 0 aliphatic carbocycles. The summed E-state index contributed by atoms with van der Waals surface area (Å²) in [6, 6.07) is 0. The highest BCUT2D eigenvalue weighted by atomic mass is 35.6. The summed E-state index contributed by atoms with van der Waals surface area (Å²) >= 11 is 16.8. The lowest BCUT2D eigenvalue weighted by Gasteiger charge is -2.43. The van der Waals surface area contributed by atoms with Gasteiger partial charge in [-0.2, -0.15) is 0 Å². The third-order valence-electron chi connectivity index (χ3n) is 16.4. The molecule has 0 aromatic rings. The first kappa shape index (κ1) is 85.5. The van der Waals surface area contributed by atoms with Crippen LogP contribution in [0.3, 0.4) is 0 Å². The number of esters is 5. The molecule has 530 valence electrons. The maximum Gasteiger partial charge on any atom is 0.333 e. The minimum atomic E-state index is -1.93. The summed E-state index contributed by atoms with van der Waals surface area (Å²) in [5.41, 5.74) is 0.606. The molecule has 0 bridgehead atoms. The molecule has 0 saturated carbocycles. The van der Waals surface area contributed by atoms with Gasteiger partial charge < -0.3 is 113 Å². The third-order valence-corrected chi connectivity index (χ3v) is 16.9. The second-order valence-corrected chi connectivity index (χ2v) is 25.5. The number of carbonyl (C=O) groups is 5. The smallest absolute Gasteiger partial charge is 0.333 e. The molecular formula is C59H100Cl3NO28. The van der Waals surface area contributed by atoms with Crippen LogP contribution in [-0.2, 0) is 85.6 Å². The average molecular weight is 1380 g/mol.